The van der Waals surface area contributed by atoms with Crippen molar-refractivity contribution in [2.75, 3.05) is 19.4 Å². The Morgan fingerprint density at radius 1 is 1.42 bits per heavy atom. The van der Waals surface area contributed by atoms with Crippen LogP contribution in [-0.2, 0) is 6.54 Å². The Morgan fingerprint density at radius 3 is 2.74 bits per heavy atom. The largest absolute Gasteiger partial charge is 0.497 e. The van der Waals surface area contributed by atoms with E-state index in [4.69, 9.17) is 10.5 Å². The molecule has 0 radical (unpaired) electrons. The molecule has 0 spiro atoms. The summed E-state index contributed by atoms with van der Waals surface area (Å²) in [6.45, 7) is 1.07. The number of methoxy groups -OCH3 is 1. The Kier molecular flexibility index (Phi) is 4.02. The summed E-state index contributed by atoms with van der Waals surface area (Å²) < 4.78 is 6.72. The number of amides is 1. The second kappa shape index (κ2) is 5.90. The van der Waals surface area contributed by atoms with Crippen LogP contribution in [0.15, 0.2) is 36.7 Å². The smallest absolute Gasteiger partial charge is 0.251 e. The second-order valence-electron chi connectivity index (χ2n) is 4.02. The molecule has 0 saturated heterocycles. The van der Waals surface area contributed by atoms with Gasteiger partial charge in [-0.05, 0) is 24.3 Å². The fourth-order valence-electron chi connectivity index (χ4n) is 1.63. The van der Waals surface area contributed by atoms with Crippen LogP contribution in [0.4, 0.5) is 5.69 Å². The van der Waals surface area contributed by atoms with E-state index in [0.29, 0.717) is 24.3 Å². The van der Waals surface area contributed by atoms with Crippen LogP contribution >= 0.6 is 0 Å². The molecule has 2 rings (SSSR count). The standard InChI is InChI=1S/C13H16N4O2/c1-19-12-4-2-10(3-5-12)13(18)15-6-7-17-9-11(14)8-16-17/h2-5,8-9H,6-7,14H2,1H3,(H,15,18). The van der Waals surface area contributed by atoms with Gasteiger partial charge in [0.25, 0.3) is 5.91 Å². The molecule has 0 aliphatic heterocycles. The van der Waals surface area contributed by atoms with Crippen molar-refractivity contribution in [1.29, 1.82) is 0 Å². The highest BCUT2D eigenvalue weighted by atomic mass is 16.5. The maximum atomic E-state index is 11.8. The fourth-order valence-corrected chi connectivity index (χ4v) is 1.63. The summed E-state index contributed by atoms with van der Waals surface area (Å²) in [5.41, 5.74) is 6.76. The van der Waals surface area contributed by atoms with Crippen LogP contribution < -0.4 is 15.8 Å². The van der Waals surface area contributed by atoms with Crippen LogP contribution in [0.3, 0.4) is 0 Å². The molecule has 0 atom stereocenters. The molecule has 6 nitrogen and oxygen atoms in total. The van der Waals surface area contributed by atoms with E-state index in [0.717, 1.165) is 5.75 Å². The van der Waals surface area contributed by atoms with Gasteiger partial charge in [-0.1, -0.05) is 0 Å². The van der Waals surface area contributed by atoms with Crippen molar-refractivity contribution < 1.29 is 9.53 Å². The van der Waals surface area contributed by atoms with Crippen LogP contribution in [0.25, 0.3) is 0 Å². The van der Waals surface area contributed by atoms with Gasteiger partial charge < -0.3 is 15.8 Å². The molecule has 0 saturated carbocycles. The summed E-state index contributed by atoms with van der Waals surface area (Å²) in [4.78, 5) is 11.8. The Bertz CT molecular complexity index is 548. The molecular weight excluding hydrogens is 244 g/mol. The maximum Gasteiger partial charge on any atom is 0.251 e. The number of nitrogens with zero attached hydrogens (tertiary/aromatic N) is 2. The van der Waals surface area contributed by atoms with Crippen molar-refractivity contribution in [3.8, 4) is 5.75 Å². The van der Waals surface area contributed by atoms with Crippen molar-refractivity contribution in [1.82, 2.24) is 15.1 Å². The molecule has 0 bridgehead atoms. The van der Waals surface area contributed by atoms with Gasteiger partial charge in [0.1, 0.15) is 5.75 Å². The zero-order valence-electron chi connectivity index (χ0n) is 10.7. The third kappa shape index (κ3) is 3.48. The lowest BCUT2D eigenvalue weighted by molar-refractivity contribution is 0.0952. The zero-order valence-corrected chi connectivity index (χ0v) is 10.7. The minimum absolute atomic E-state index is 0.122. The summed E-state index contributed by atoms with van der Waals surface area (Å²) in [7, 11) is 1.59. The lowest BCUT2D eigenvalue weighted by Gasteiger charge is -2.06. The number of nitrogen functional groups attached to an aromatic ring is 1. The lowest BCUT2D eigenvalue weighted by Crippen LogP contribution is -2.27. The quantitative estimate of drug-likeness (QED) is 0.837. The minimum atomic E-state index is -0.122. The van der Waals surface area contributed by atoms with E-state index in [1.165, 1.54) is 0 Å². The van der Waals surface area contributed by atoms with Crippen molar-refractivity contribution in [3.63, 3.8) is 0 Å². The topological polar surface area (TPSA) is 82.2 Å². The van der Waals surface area contributed by atoms with E-state index in [1.807, 2.05) is 0 Å². The number of hydrogen-bond donors (Lipinski definition) is 2. The number of nitrogens with one attached hydrogen (secondary N) is 1. The number of nitrogens with two attached hydrogens (primary N) is 1. The maximum absolute atomic E-state index is 11.8. The molecule has 0 fully saturated rings. The SMILES string of the molecule is COc1ccc(C(=O)NCCn2cc(N)cn2)cc1. The van der Waals surface area contributed by atoms with Crippen molar-refractivity contribution >= 4 is 11.6 Å². The molecule has 1 heterocycles. The Hall–Kier alpha value is -2.50. The number of carbonyl (C=O) groups is 1. The number of aromatic nitrogens is 2. The minimum Gasteiger partial charge on any atom is -0.497 e. The van der Waals surface area contributed by atoms with Gasteiger partial charge in [-0.15, -0.1) is 0 Å². The highest BCUT2D eigenvalue weighted by Gasteiger charge is 2.04. The second-order valence-corrected chi connectivity index (χ2v) is 4.02. The average Bonchev–Trinajstić information content (AvgIpc) is 2.84. The van der Waals surface area contributed by atoms with Crippen molar-refractivity contribution in [2.24, 2.45) is 0 Å². The first-order valence-electron chi connectivity index (χ1n) is 5.89. The van der Waals surface area contributed by atoms with Crippen molar-refractivity contribution in [3.05, 3.63) is 42.2 Å². The third-order valence-corrected chi connectivity index (χ3v) is 2.63. The molecule has 0 aliphatic rings. The summed E-state index contributed by atoms with van der Waals surface area (Å²) in [6.07, 6.45) is 3.30. The molecule has 6 heteroatoms. The van der Waals surface area contributed by atoms with Crippen LogP contribution in [-0.4, -0.2) is 29.3 Å². The van der Waals surface area contributed by atoms with E-state index < -0.39 is 0 Å². The summed E-state index contributed by atoms with van der Waals surface area (Å²) in [6, 6.07) is 6.95. The molecule has 19 heavy (non-hydrogen) atoms. The van der Waals surface area contributed by atoms with Gasteiger partial charge in [0.2, 0.25) is 0 Å². The van der Waals surface area contributed by atoms with Gasteiger partial charge in [0, 0.05) is 18.3 Å². The van der Waals surface area contributed by atoms with Crippen molar-refractivity contribution in [2.45, 2.75) is 6.54 Å². The van der Waals surface area contributed by atoms with E-state index in [9.17, 15) is 4.79 Å². The molecule has 0 aliphatic carbocycles. The molecule has 0 unspecified atom stereocenters. The normalized spacial score (nSPS) is 10.2. The number of carbonyl (C=O) groups excluding carboxylic acids is 1. The van der Waals surface area contributed by atoms with Gasteiger partial charge in [0.05, 0.1) is 25.5 Å². The van der Waals surface area contributed by atoms with Crippen LogP contribution in [0, 0.1) is 0 Å². The van der Waals surface area contributed by atoms with E-state index in [-0.39, 0.29) is 5.91 Å². The highest BCUT2D eigenvalue weighted by molar-refractivity contribution is 5.94. The van der Waals surface area contributed by atoms with Gasteiger partial charge in [0.15, 0.2) is 0 Å². The zero-order chi connectivity index (χ0) is 13.7. The Balaban J connectivity index is 1.83. The first kappa shape index (κ1) is 12.9. The number of rotatable bonds is 5. The predicted molar refractivity (Wildman–Crippen MR) is 72.0 cm³/mol. The molecule has 100 valence electrons. The molecule has 1 amide bonds. The molecule has 2 aromatic rings. The third-order valence-electron chi connectivity index (χ3n) is 2.63. The monoisotopic (exact) mass is 260 g/mol. The van der Waals surface area contributed by atoms with Crippen LogP contribution in [0.2, 0.25) is 0 Å². The van der Waals surface area contributed by atoms with Gasteiger partial charge in [-0.3, -0.25) is 9.48 Å². The van der Waals surface area contributed by atoms with E-state index >= 15 is 0 Å². The Morgan fingerprint density at radius 2 is 2.16 bits per heavy atom. The predicted octanol–water partition coefficient (Wildman–Crippen LogP) is 0.904. The number of hydrogen-bond acceptors (Lipinski definition) is 4. The summed E-state index contributed by atoms with van der Waals surface area (Å²) in [5.74, 6) is 0.603. The number of ether oxygens (including phenoxy) is 1. The van der Waals surface area contributed by atoms with Gasteiger partial charge in [-0.25, -0.2) is 0 Å². The number of benzene rings is 1. The van der Waals surface area contributed by atoms with E-state index in [1.54, 1.807) is 48.5 Å². The molecule has 3 N–H and O–H groups in total. The van der Waals surface area contributed by atoms with E-state index in [2.05, 4.69) is 10.4 Å². The fraction of sp³-hybridized carbons (Fsp3) is 0.231. The average molecular weight is 260 g/mol. The Labute approximate surface area is 111 Å². The lowest BCUT2D eigenvalue weighted by atomic mass is 10.2. The number of anilines is 1. The molecular formula is C13H16N4O2. The highest BCUT2D eigenvalue weighted by Crippen LogP contribution is 2.10. The van der Waals surface area contributed by atoms with Crippen LogP contribution in [0.1, 0.15) is 10.4 Å². The summed E-state index contributed by atoms with van der Waals surface area (Å²) in [5, 5.41) is 6.84. The van der Waals surface area contributed by atoms with Gasteiger partial charge in [-0.2, -0.15) is 5.10 Å². The molecule has 1 aromatic carbocycles. The van der Waals surface area contributed by atoms with Crippen LogP contribution in [0.5, 0.6) is 5.75 Å². The summed E-state index contributed by atoms with van der Waals surface area (Å²) >= 11 is 0. The van der Waals surface area contributed by atoms with Gasteiger partial charge >= 0.3 is 0 Å². The first-order valence-corrected chi connectivity index (χ1v) is 5.89. The first-order chi connectivity index (χ1) is 9.19. The molecule has 1 aromatic heterocycles.